The monoisotopic (exact) mass is 609 g/mol. The molecule has 2 aliphatic heterocycles. The molecular formula is C30H32ClN5O5S. The maximum atomic E-state index is 14.2. The van der Waals surface area contributed by atoms with Crippen molar-refractivity contribution in [3.05, 3.63) is 64.8 Å². The summed E-state index contributed by atoms with van der Waals surface area (Å²) in [5.74, 6) is 1.09. The number of halogens is 1. The molecule has 220 valence electrons. The second-order valence-corrected chi connectivity index (χ2v) is 13.3. The third kappa shape index (κ3) is 5.15. The van der Waals surface area contributed by atoms with Gasteiger partial charge < -0.3 is 19.3 Å². The lowest BCUT2D eigenvalue weighted by Crippen LogP contribution is -2.49. The second-order valence-electron chi connectivity index (χ2n) is 10.6. The van der Waals surface area contributed by atoms with Gasteiger partial charge in [-0.25, -0.2) is 18.1 Å². The quantitative estimate of drug-likeness (QED) is 0.317. The number of sulfone groups is 1. The normalized spacial score (nSPS) is 18.4. The van der Waals surface area contributed by atoms with E-state index >= 15 is 0 Å². The van der Waals surface area contributed by atoms with Gasteiger partial charge in [-0.15, -0.1) is 0 Å². The Bertz CT molecular complexity index is 1780. The van der Waals surface area contributed by atoms with Crippen LogP contribution in [0.1, 0.15) is 28.5 Å². The van der Waals surface area contributed by atoms with E-state index in [1.165, 1.54) is 0 Å². The van der Waals surface area contributed by atoms with Gasteiger partial charge in [0.1, 0.15) is 0 Å². The molecule has 0 bridgehead atoms. The van der Waals surface area contributed by atoms with Crippen molar-refractivity contribution in [1.82, 2.24) is 19.7 Å². The van der Waals surface area contributed by atoms with E-state index in [1.54, 1.807) is 31.0 Å². The van der Waals surface area contributed by atoms with Crippen LogP contribution in [0.15, 0.2) is 48.5 Å². The van der Waals surface area contributed by atoms with Gasteiger partial charge in [0.05, 0.1) is 64.8 Å². The van der Waals surface area contributed by atoms with Crippen LogP contribution < -0.4 is 14.4 Å². The number of fused-ring (bicyclic) bond motifs is 1. The molecule has 2 fully saturated rings. The lowest BCUT2D eigenvalue weighted by molar-refractivity contribution is 0.0748. The summed E-state index contributed by atoms with van der Waals surface area (Å²) in [5, 5.41) is 6.06. The van der Waals surface area contributed by atoms with Gasteiger partial charge in [0.2, 0.25) is 0 Å². The van der Waals surface area contributed by atoms with E-state index in [-0.39, 0.29) is 23.5 Å². The van der Waals surface area contributed by atoms with E-state index in [0.717, 1.165) is 11.3 Å². The van der Waals surface area contributed by atoms with Crippen LogP contribution in [0.3, 0.4) is 0 Å². The first-order valence-corrected chi connectivity index (χ1v) is 16.0. The van der Waals surface area contributed by atoms with E-state index in [4.69, 9.17) is 31.2 Å². The topological polar surface area (TPSA) is 107 Å². The zero-order chi connectivity index (χ0) is 29.6. The summed E-state index contributed by atoms with van der Waals surface area (Å²) in [7, 11) is -0.0307. The van der Waals surface area contributed by atoms with Crippen LogP contribution in [0.4, 0.5) is 5.69 Å². The third-order valence-electron chi connectivity index (χ3n) is 8.06. The van der Waals surface area contributed by atoms with Crippen molar-refractivity contribution < 1.29 is 22.7 Å². The summed E-state index contributed by atoms with van der Waals surface area (Å²) in [6.07, 6.45) is 0.452. The maximum absolute atomic E-state index is 14.2. The van der Waals surface area contributed by atoms with E-state index in [0.29, 0.717) is 77.1 Å². The first-order valence-electron chi connectivity index (χ1n) is 13.8. The number of hydrogen-bond acceptors (Lipinski definition) is 8. The van der Waals surface area contributed by atoms with Crippen molar-refractivity contribution in [1.29, 1.82) is 0 Å². The van der Waals surface area contributed by atoms with Gasteiger partial charge in [-0.05, 0) is 49.7 Å². The van der Waals surface area contributed by atoms with Gasteiger partial charge >= 0.3 is 0 Å². The fourth-order valence-electron chi connectivity index (χ4n) is 5.88. The highest BCUT2D eigenvalue weighted by atomic mass is 35.5. The molecule has 2 saturated heterocycles. The zero-order valence-electron chi connectivity index (χ0n) is 23.7. The first kappa shape index (κ1) is 28.3. The number of rotatable bonds is 6. The van der Waals surface area contributed by atoms with Gasteiger partial charge in [0.15, 0.2) is 27.0 Å². The van der Waals surface area contributed by atoms with Crippen molar-refractivity contribution in [2.75, 3.05) is 56.8 Å². The maximum Gasteiger partial charge on any atom is 0.254 e. The highest BCUT2D eigenvalue weighted by Gasteiger charge is 2.33. The Morgan fingerprint density at radius 1 is 1.00 bits per heavy atom. The predicted octanol–water partition coefficient (Wildman–Crippen LogP) is 4.40. The van der Waals surface area contributed by atoms with Crippen molar-refractivity contribution >= 4 is 44.1 Å². The SMILES string of the molecule is COc1ccc(-c2cc(C(=O)N3CCN(c4ccccc4Cl)CC3)c3c(C)nn(C4CCS(=O)(=O)C4)c3n2)cc1OC. The molecule has 4 aromatic rings. The highest BCUT2D eigenvalue weighted by molar-refractivity contribution is 7.91. The van der Waals surface area contributed by atoms with Gasteiger partial charge in [-0.2, -0.15) is 5.10 Å². The summed E-state index contributed by atoms with van der Waals surface area (Å²) in [4.78, 5) is 23.2. The standard InChI is InChI=1S/C30H32ClN5O5S/c1-19-28-22(30(37)35-13-11-34(12-14-35)25-7-5-4-6-23(25)31)17-24(20-8-9-26(40-2)27(16-20)41-3)32-29(28)36(33-19)21-10-15-42(38,39)18-21/h4-9,16-17,21H,10-15,18H2,1-3H3. The van der Waals surface area contributed by atoms with Crippen LogP contribution in [0.2, 0.25) is 5.02 Å². The van der Waals surface area contributed by atoms with Crippen LogP contribution in [0, 0.1) is 6.92 Å². The molecule has 1 amide bonds. The Kier molecular flexibility index (Phi) is 7.48. The van der Waals surface area contributed by atoms with Crippen molar-refractivity contribution in [3.63, 3.8) is 0 Å². The molecule has 10 nitrogen and oxygen atoms in total. The molecule has 0 radical (unpaired) electrons. The number of carbonyl (C=O) groups is 1. The molecule has 0 N–H and O–H groups in total. The number of ether oxygens (including phenoxy) is 2. The number of nitrogens with zero attached hydrogens (tertiary/aromatic N) is 5. The number of aromatic nitrogens is 3. The van der Waals surface area contributed by atoms with Crippen LogP contribution in [0.5, 0.6) is 11.5 Å². The molecule has 1 atom stereocenters. The summed E-state index contributed by atoms with van der Waals surface area (Å²) >= 11 is 6.43. The Morgan fingerprint density at radius 2 is 1.74 bits per heavy atom. The number of pyridine rings is 1. The summed E-state index contributed by atoms with van der Waals surface area (Å²) in [5.41, 5.74) is 3.87. The lowest BCUT2D eigenvalue weighted by atomic mass is 10.0. The average Bonchev–Trinajstić information content (AvgIpc) is 3.54. The number of methoxy groups -OCH3 is 2. The lowest BCUT2D eigenvalue weighted by Gasteiger charge is -2.36. The highest BCUT2D eigenvalue weighted by Crippen LogP contribution is 2.36. The minimum absolute atomic E-state index is 0.00122. The van der Waals surface area contributed by atoms with Gasteiger partial charge in [-0.1, -0.05) is 23.7 Å². The van der Waals surface area contributed by atoms with E-state index in [2.05, 4.69) is 4.90 Å². The summed E-state index contributed by atoms with van der Waals surface area (Å²) in [6, 6.07) is 14.6. The fourth-order valence-corrected chi connectivity index (χ4v) is 7.82. The molecule has 2 aromatic heterocycles. The van der Waals surface area contributed by atoms with Crippen molar-refractivity contribution in [2.45, 2.75) is 19.4 Å². The van der Waals surface area contributed by atoms with Crippen LogP contribution in [-0.4, -0.2) is 85.9 Å². The van der Waals surface area contributed by atoms with E-state index in [9.17, 15) is 13.2 Å². The Labute approximate surface area is 249 Å². The number of para-hydroxylation sites is 1. The molecule has 12 heteroatoms. The molecule has 0 saturated carbocycles. The first-order chi connectivity index (χ1) is 20.2. The number of amides is 1. The fraction of sp³-hybridized carbons (Fsp3) is 0.367. The van der Waals surface area contributed by atoms with E-state index in [1.807, 2.05) is 48.2 Å². The van der Waals surface area contributed by atoms with Crippen LogP contribution >= 0.6 is 11.6 Å². The minimum atomic E-state index is -3.17. The van der Waals surface area contributed by atoms with Gasteiger partial charge in [0, 0.05) is 31.7 Å². The number of hydrogen-bond donors (Lipinski definition) is 0. The Morgan fingerprint density at radius 3 is 2.40 bits per heavy atom. The molecule has 0 spiro atoms. The number of benzene rings is 2. The Balaban J connectivity index is 1.42. The predicted molar refractivity (Wildman–Crippen MR) is 163 cm³/mol. The zero-order valence-corrected chi connectivity index (χ0v) is 25.3. The Hall–Kier alpha value is -3.83. The third-order valence-corrected chi connectivity index (χ3v) is 10.1. The van der Waals surface area contributed by atoms with E-state index < -0.39 is 9.84 Å². The number of aryl methyl sites for hydroxylation is 1. The molecule has 1 unspecified atom stereocenters. The smallest absolute Gasteiger partial charge is 0.254 e. The summed E-state index contributed by atoms with van der Waals surface area (Å²) in [6.45, 7) is 4.17. The average molecular weight is 610 g/mol. The van der Waals surface area contributed by atoms with Crippen molar-refractivity contribution in [3.8, 4) is 22.8 Å². The van der Waals surface area contributed by atoms with Crippen molar-refractivity contribution in [2.24, 2.45) is 0 Å². The molecular weight excluding hydrogens is 578 g/mol. The second kappa shape index (κ2) is 11.1. The summed E-state index contributed by atoms with van der Waals surface area (Å²) < 4.78 is 37.3. The molecule has 2 aromatic carbocycles. The number of carbonyl (C=O) groups excluding carboxylic acids is 1. The largest absolute Gasteiger partial charge is 0.493 e. The molecule has 42 heavy (non-hydrogen) atoms. The molecule has 0 aliphatic carbocycles. The number of anilines is 1. The molecule has 6 rings (SSSR count). The molecule has 2 aliphatic rings. The van der Waals surface area contributed by atoms with Crippen LogP contribution in [-0.2, 0) is 9.84 Å². The van der Waals surface area contributed by atoms with Gasteiger partial charge in [-0.3, -0.25) is 4.79 Å². The molecule has 4 heterocycles. The van der Waals surface area contributed by atoms with Gasteiger partial charge in [0.25, 0.3) is 5.91 Å². The number of piperazine rings is 1. The minimum Gasteiger partial charge on any atom is -0.493 e. The van der Waals surface area contributed by atoms with Crippen LogP contribution in [0.25, 0.3) is 22.3 Å².